The van der Waals surface area contributed by atoms with Gasteiger partial charge in [-0.15, -0.1) is 0 Å². The van der Waals surface area contributed by atoms with E-state index in [1.165, 1.54) is 18.1 Å². The number of hydrogen-bond donors (Lipinski definition) is 0. The Morgan fingerprint density at radius 2 is 2.08 bits per heavy atom. The van der Waals surface area contributed by atoms with E-state index in [4.69, 9.17) is 13.9 Å². The van der Waals surface area contributed by atoms with Crippen molar-refractivity contribution in [3.05, 3.63) is 83.9 Å². The Morgan fingerprint density at radius 3 is 2.92 bits per heavy atom. The number of rotatable bonds is 4. The van der Waals surface area contributed by atoms with Gasteiger partial charge in [-0.3, -0.25) is 4.79 Å². The van der Waals surface area contributed by atoms with E-state index in [2.05, 4.69) is 12.2 Å². The molecule has 2 heterocycles. The van der Waals surface area contributed by atoms with Gasteiger partial charge in [0.15, 0.2) is 5.76 Å². The van der Waals surface area contributed by atoms with Crippen molar-refractivity contribution >= 4 is 16.8 Å². The molecule has 2 aliphatic rings. The molecule has 0 saturated heterocycles. The van der Waals surface area contributed by atoms with E-state index < -0.39 is 0 Å². The second-order valence-corrected chi connectivity index (χ2v) is 5.75. The third-order valence-corrected chi connectivity index (χ3v) is 3.99. The van der Waals surface area contributed by atoms with E-state index in [1.54, 1.807) is 6.07 Å². The minimum atomic E-state index is -0.325. The lowest BCUT2D eigenvalue weighted by atomic mass is 10.0. The van der Waals surface area contributed by atoms with Crippen LogP contribution in [0.4, 0.5) is 0 Å². The Hall–Kier alpha value is -3.01. The average Bonchev–Trinajstić information content (AvgIpc) is 3.06. The molecule has 0 saturated carbocycles. The highest BCUT2D eigenvalue weighted by Gasteiger charge is 2.23. The SMILES string of the molecule is O=C(C1=COC=C(CC2=CC=CCC2)O1)c1cc2ccccc2o1. The van der Waals surface area contributed by atoms with Crippen LogP contribution in [0.1, 0.15) is 29.8 Å². The first-order valence-corrected chi connectivity index (χ1v) is 7.90. The molecule has 0 radical (unpaired) electrons. The molecule has 1 aliphatic carbocycles. The van der Waals surface area contributed by atoms with Crippen LogP contribution >= 0.6 is 0 Å². The van der Waals surface area contributed by atoms with Crippen molar-refractivity contribution in [2.45, 2.75) is 19.3 Å². The molecular weight excluding hydrogens is 304 g/mol. The molecule has 1 aromatic carbocycles. The number of para-hydroxylation sites is 1. The highest BCUT2D eigenvalue weighted by Crippen LogP contribution is 2.27. The summed E-state index contributed by atoms with van der Waals surface area (Å²) >= 11 is 0. The topological polar surface area (TPSA) is 48.7 Å². The number of fused-ring (bicyclic) bond motifs is 1. The fourth-order valence-electron chi connectivity index (χ4n) is 2.78. The molecule has 0 atom stereocenters. The lowest BCUT2D eigenvalue weighted by Gasteiger charge is -2.17. The van der Waals surface area contributed by atoms with Crippen LogP contribution in [0.3, 0.4) is 0 Å². The summed E-state index contributed by atoms with van der Waals surface area (Å²) in [4.78, 5) is 12.6. The Morgan fingerprint density at radius 1 is 1.17 bits per heavy atom. The van der Waals surface area contributed by atoms with Gasteiger partial charge in [-0.05, 0) is 25.0 Å². The van der Waals surface area contributed by atoms with Crippen LogP contribution < -0.4 is 0 Å². The molecule has 2 aromatic rings. The molecule has 0 fully saturated rings. The van der Waals surface area contributed by atoms with Gasteiger partial charge in [-0.25, -0.2) is 0 Å². The largest absolute Gasteiger partial charge is 0.465 e. The molecule has 4 heteroatoms. The van der Waals surface area contributed by atoms with Gasteiger partial charge in [-0.2, -0.15) is 0 Å². The van der Waals surface area contributed by atoms with Crippen molar-refractivity contribution in [3.8, 4) is 0 Å². The molecule has 120 valence electrons. The summed E-state index contributed by atoms with van der Waals surface area (Å²) in [5.41, 5.74) is 1.93. The molecule has 0 bridgehead atoms. The van der Waals surface area contributed by atoms with E-state index in [1.807, 2.05) is 30.3 Å². The Bertz CT molecular complexity index is 876. The number of Topliss-reactive ketones (excluding diaryl/α,β-unsaturated/α-hetero) is 1. The minimum absolute atomic E-state index is 0.138. The Balaban J connectivity index is 1.49. The summed E-state index contributed by atoms with van der Waals surface area (Å²) in [6.07, 6.45) is 11.8. The normalized spacial score (nSPS) is 16.8. The zero-order valence-corrected chi connectivity index (χ0v) is 13.0. The summed E-state index contributed by atoms with van der Waals surface area (Å²) in [5.74, 6) is 0.679. The zero-order valence-electron chi connectivity index (χ0n) is 13.0. The number of ketones is 1. The van der Waals surface area contributed by atoms with Crippen LogP contribution in [0.25, 0.3) is 11.0 Å². The molecular formula is C20H16O4. The number of ether oxygens (including phenoxy) is 2. The first kappa shape index (κ1) is 14.6. The van der Waals surface area contributed by atoms with Gasteiger partial charge in [0.05, 0.1) is 0 Å². The van der Waals surface area contributed by atoms with Crippen LogP contribution in [-0.4, -0.2) is 5.78 Å². The monoisotopic (exact) mass is 320 g/mol. The van der Waals surface area contributed by atoms with Gasteiger partial charge in [0.2, 0.25) is 5.76 Å². The lowest BCUT2D eigenvalue weighted by Crippen LogP contribution is -2.10. The number of allylic oxidation sites excluding steroid dienone is 5. The number of carbonyl (C=O) groups is 1. The molecule has 4 rings (SSSR count). The predicted molar refractivity (Wildman–Crippen MR) is 90.0 cm³/mol. The summed E-state index contributed by atoms with van der Waals surface area (Å²) in [6.45, 7) is 0. The van der Waals surface area contributed by atoms with Crippen LogP contribution in [-0.2, 0) is 9.47 Å². The number of carbonyl (C=O) groups excluding carboxylic acids is 1. The van der Waals surface area contributed by atoms with Crippen molar-refractivity contribution in [1.82, 2.24) is 0 Å². The lowest BCUT2D eigenvalue weighted by molar-refractivity contribution is 0.0901. The van der Waals surface area contributed by atoms with E-state index >= 15 is 0 Å². The average molecular weight is 320 g/mol. The molecule has 1 aliphatic heterocycles. The maximum Gasteiger partial charge on any atom is 0.266 e. The third-order valence-electron chi connectivity index (χ3n) is 3.99. The first-order chi connectivity index (χ1) is 11.8. The summed E-state index contributed by atoms with van der Waals surface area (Å²) < 4.78 is 16.6. The van der Waals surface area contributed by atoms with E-state index in [9.17, 15) is 4.79 Å². The quantitative estimate of drug-likeness (QED) is 0.743. The van der Waals surface area contributed by atoms with E-state index in [0.29, 0.717) is 17.8 Å². The molecule has 1 aromatic heterocycles. The first-order valence-electron chi connectivity index (χ1n) is 7.90. The number of furan rings is 1. The highest BCUT2D eigenvalue weighted by molar-refractivity contribution is 6.07. The van der Waals surface area contributed by atoms with Crippen molar-refractivity contribution in [3.63, 3.8) is 0 Å². The molecule has 0 unspecified atom stereocenters. The van der Waals surface area contributed by atoms with Gasteiger partial charge in [0.25, 0.3) is 5.78 Å². The van der Waals surface area contributed by atoms with Gasteiger partial charge >= 0.3 is 0 Å². The fourth-order valence-corrected chi connectivity index (χ4v) is 2.78. The van der Waals surface area contributed by atoms with Crippen LogP contribution in [0, 0.1) is 0 Å². The summed E-state index contributed by atoms with van der Waals surface area (Å²) in [7, 11) is 0. The third kappa shape index (κ3) is 2.91. The van der Waals surface area contributed by atoms with Crippen LogP contribution in [0.2, 0.25) is 0 Å². The standard InChI is InChI=1S/C20H16O4/c21-20(18-11-15-8-4-5-9-17(15)24-18)19-13-22-12-16(23-19)10-14-6-2-1-3-7-14/h1-2,4-6,8-9,11-13H,3,7,10H2. The fraction of sp³-hybridized carbons (Fsp3) is 0.150. The molecule has 24 heavy (non-hydrogen) atoms. The second-order valence-electron chi connectivity index (χ2n) is 5.75. The smallest absolute Gasteiger partial charge is 0.266 e. The Labute approximate surface area is 139 Å². The molecule has 0 spiro atoms. The van der Waals surface area contributed by atoms with Crippen molar-refractivity contribution in [1.29, 1.82) is 0 Å². The van der Waals surface area contributed by atoms with Crippen molar-refractivity contribution < 1.29 is 18.7 Å². The zero-order chi connectivity index (χ0) is 16.4. The Kier molecular flexibility index (Phi) is 3.79. The van der Waals surface area contributed by atoms with Gasteiger partial charge in [0.1, 0.15) is 23.9 Å². The molecule has 4 nitrogen and oxygen atoms in total. The van der Waals surface area contributed by atoms with E-state index in [-0.39, 0.29) is 17.3 Å². The number of hydrogen-bond acceptors (Lipinski definition) is 4. The summed E-state index contributed by atoms with van der Waals surface area (Å²) in [6, 6.07) is 9.21. The van der Waals surface area contributed by atoms with Crippen molar-refractivity contribution in [2.75, 3.05) is 0 Å². The minimum Gasteiger partial charge on any atom is -0.465 e. The van der Waals surface area contributed by atoms with Gasteiger partial charge in [0, 0.05) is 11.8 Å². The summed E-state index contributed by atoms with van der Waals surface area (Å²) in [5, 5.41) is 0.882. The molecule has 0 amide bonds. The van der Waals surface area contributed by atoms with Gasteiger partial charge < -0.3 is 13.9 Å². The highest BCUT2D eigenvalue weighted by atomic mass is 16.5. The van der Waals surface area contributed by atoms with Gasteiger partial charge in [-0.1, -0.05) is 42.0 Å². The van der Waals surface area contributed by atoms with Crippen molar-refractivity contribution in [2.24, 2.45) is 0 Å². The van der Waals surface area contributed by atoms with E-state index in [0.717, 1.165) is 18.2 Å². The maximum atomic E-state index is 12.6. The predicted octanol–water partition coefficient (Wildman–Crippen LogP) is 5.01. The van der Waals surface area contributed by atoms with Crippen LogP contribution in [0.5, 0.6) is 0 Å². The number of benzene rings is 1. The van der Waals surface area contributed by atoms with Crippen LogP contribution in [0.15, 0.2) is 82.6 Å². The second kappa shape index (κ2) is 6.24. The maximum absolute atomic E-state index is 12.6. The molecule has 0 N–H and O–H groups in total.